The van der Waals surface area contributed by atoms with Gasteiger partial charge >= 0.3 is 12.2 Å². The fraction of sp³-hybridized carbons (Fsp3) is 0.516. The number of aryl methyl sites for hydroxylation is 1. The molecular formula is C31H39FN6O5. The Labute approximate surface area is 250 Å². The molecule has 2 atom stereocenters. The summed E-state index contributed by atoms with van der Waals surface area (Å²) in [5, 5.41) is 10.6. The molecule has 2 aliphatic rings. The SMILES string of the molecule is Cc1ccn2ncc(-c3nc(NC4CCCCC4NC(=O)OC(C)(C)C)c(F)c4c3C(=O)N(C(=O)OC(C)(C)C)C4)c2c1. The summed E-state index contributed by atoms with van der Waals surface area (Å²) in [5.41, 5.74) is 0.904. The molecule has 12 heteroatoms. The fourth-order valence-corrected chi connectivity index (χ4v) is 5.49. The number of nitrogens with one attached hydrogen (secondary N) is 2. The lowest BCUT2D eigenvalue weighted by atomic mass is 9.90. The van der Waals surface area contributed by atoms with Gasteiger partial charge < -0.3 is 20.1 Å². The van der Waals surface area contributed by atoms with Crippen molar-refractivity contribution in [2.75, 3.05) is 5.32 Å². The molecule has 0 radical (unpaired) electrons. The third kappa shape index (κ3) is 6.42. The molecule has 1 fully saturated rings. The Hall–Kier alpha value is -4.22. The summed E-state index contributed by atoms with van der Waals surface area (Å²) in [4.78, 5) is 44.9. The molecule has 1 aliphatic heterocycles. The molecule has 0 aromatic carbocycles. The minimum atomic E-state index is -0.863. The highest BCUT2D eigenvalue weighted by atomic mass is 19.1. The molecule has 0 bridgehead atoms. The van der Waals surface area contributed by atoms with Crippen LogP contribution in [0.3, 0.4) is 0 Å². The topological polar surface area (TPSA) is 127 Å². The zero-order chi connectivity index (χ0) is 31.3. The Kier molecular flexibility index (Phi) is 7.82. The number of rotatable bonds is 4. The van der Waals surface area contributed by atoms with Crippen molar-refractivity contribution in [1.82, 2.24) is 24.8 Å². The number of alkyl carbamates (subject to hydrolysis) is 1. The number of nitrogens with zero attached hydrogens (tertiary/aromatic N) is 4. The van der Waals surface area contributed by atoms with E-state index in [0.717, 1.165) is 23.3 Å². The molecule has 3 amide bonds. The Bertz CT molecular complexity index is 1590. The highest BCUT2D eigenvalue weighted by molar-refractivity contribution is 6.11. The van der Waals surface area contributed by atoms with Crippen LogP contribution >= 0.6 is 0 Å². The average Bonchev–Trinajstić information content (AvgIpc) is 3.46. The molecule has 4 heterocycles. The second-order valence-electron chi connectivity index (χ2n) is 13.2. The van der Waals surface area contributed by atoms with Crippen molar-refractivity contribution in [2.45, 2.75) is 104 Å². The molecule has 11 nitrogen and oxygen atoms in total. The van der Waals surface area contributed by atoms with Crippen LogP contribution in [0.4, 0.5) is 19.8 Å². The van der Waals surface area contributed by atoms with Crippen molar-refractivity contribution < 1.29 is 28.2 Å². The first kappa shape index (κ1) is 30.2. The van der Waals surface area contributed by atoms with Gasteiger partial charge in [0.15, 0.2) is 11.6 Å². The van der Waals surface area contributed by atoms with Gasteiger partial charge in [-0.05, 0) is 79.0 Å². The van der Waals surface area contributed by atoms with E-state index in [1.54, 1.807) is 58.5 Å². The summed E-state index contributed by atoms with van der Waals surface area (Å²) in [6, 6.07) is 3.12. The highest BCUT2D eigenvalue weighted by Gasteiger charge is 2.41. The van der Waals surface area contributed by atoms with Crippen molar-refractivity contribution in [2.24, 2.45) is 0 Å². The van der Waals surface area contributed by atoms with E-state index in [4.69, 9.17) is 9.47 Å². The number of imide groups is 1. The molecule has 230 valence electrons. The minimum absolute atomic E-state index is 0.00242. The number of anilines is 1. The summed E-state index contributed by atoms with van der Waals surface area (Å²) in [7, 11) is 0. The number of pyridine rings is 2. The summed E-state index contributed by atoms with van der Waals surface area (Å²) in [5.74, 6) is -1.48. The van der Waals surface area contributed by atoms with Gasteiger partial charge in [0, 0.05) is 23.4 Å². The predicted octanol–water partition coefficient (Wildman–Crippen LogP) is 5.98. The minimum Gasteiger partial charge on any atom is -0.444 e. The largest absolute Gasteiger partial charge is 0.444 e. The van der Waals surface area contributed by atoms with E-state index in [1.165, 1.54) is 0 Å². The summed E-state index contributed by atoms with van der Waals surface area (Å²) < 4.78 is 28.9. The van der Waals surface area contributed by atoms with Crippen molar-refractivity contribution in [1.29, 1.82) is 0 Å². The van der Waals surface area contributed by atoms with Crippen LogP contribution in [-0.4, -0.2) is 60.9 Å². The van der Waals surface area contributed by atoms with E-state index in [2.05, 4.69) is 20.7 Å². The van der Waals surface area contributed by atoms with Gasteiger partial charge in [-0.3, -0.25) is 4.79 Å². The number of halogens is 1. The van der Waals surface area contributed by atoms with Gasteiger partial charge in [0.25, 0.3) is 5.91 Å². The molecule has 2 N–H and O–H groups in total. The highest BCUT2D eigenvalue weighted by Crippen LogP contribution is 2.38. The molecule has 0 spiro atoms. The molecule has 43 heavy (non-hydrogen) atoms. The summed E-state index contributed by atoms with van der Waals surface area (Å²) >= 11 is 0. The Morgan fingerprint density at radius 3 is 2.40 bits per heavy atom. The smallest absolute Gasteiger partial charge is 0.417 e. The zero-order valence-corrected chi connectivity index (χ0v) is 25.7. The fourth-order valence-electron chi connectivity index (χ4n) is 5.49. The molecule has 5 rings (SSSR count). The van der Waals surface area contributed by atoms with Crippen molar-refractivity contribution in [3.8, 4) is 11.3 Å². The summed E-state index contributed by atoms with van der Waals surface area (Å²) in [6.07, 6.45) is 5.07. The number of carbonyl (C=O) groups excluding carboxylic acids is 3. The Balaban J connectivity index is 1.56. The monoisotopic (exact) mass is 594 g/mol. The standard InChI is InChI=1S/C31H39FN6O5/c1-17-12-13-38-22(14-17)18(15-33-38)25-23-19(16-37(27(23)39)29(41)43-31(5,6)7)24(32)26(36-25)34-20-10-8-9-11-21(20)35-28(40)42-30(2,3)4/h12-15,20-21H,8-11,16H2,1-7H3,(H,34,36)(H,35,40). The van der Waals surface area contributed by atoms with E-state index in [9.17, 15) is 14.4 Å². The molecule has 1 saturated carbocycles. The number of ether oxygens (including phenoxy) is 2. The number of aromatic nitrogens is 3. The van der Waals surface area contributed by atoms with Gasteiger partial charge in [-0.15, -0.1) is 0 Å². The number of carbonyl (C=O) groups is 3. The second-order valence-corrected chi connectivity index (χ2v) is 13.2. The maximum atomic E-state index is 16.3. The van der Waals surface area contributed by atoms with Gasteiger partial charge in [0.2, 0.25) is 0 Å². The van der Waals surface area contributed by atoms with Crippen LogP contribution < -0.4 is 10.6 Å². The molecule has 3 aromatic heterocycles. The van der Waals surface area contributed by atoms with Crippen LogP contribution in [0.25, 0.3) is 16.8 Å². The number of fused-ring (bicyclic) bond motifs is 2. The van der Waals surface area contributed by atoms with E-state index in [0.29, 0.717) is 23.9 Å². The third-order valence-electron chi connectivity index (χ3n) is 7.35. The number of amides is 3. The van der Waals surface area contributed by atoms with Gasteiger partial charge in [-0.25, -0.2) is 28.4 Å². The lowest BCUT2D eigenvalue weighted by Crippen LogP contribution is -2.50. The van der Waals surface area contributed by atoms with Gasteiger partial charge in [0.05, 0.1) is 35.6 Å². The molecular weight excluding hydrogens is 555 g/mol. The van der Waals surface area contributed by atoms with E-state index in [1.807, 2.05) is 19.1 Å². The van der Waals surface area contributed by atoms with E-state index in [-0.39, 0.29) is 41.3 Å². The lowest BCUT2D eigenvalue weighted by molar-refractivity contribution is 0.0247. The average molecular weight is 595 g/mol. The van der Waals surface area contributed by atoms with Crippen LogP contribution in [0.5, 0.6) is 0 Å². The van der Waals surface area contributed by atoms with Crippen LogP contribution in [-0.2, 0) is 16.0 Å². The maximum Gasteiger partial charge on any atom is 0.417 e. The molecule has 1 aliphatic carbocycles. The number of hydrogen-bond donors (Lipinski definition) is 2. The quantitative estimate of drug-likeness (QED) is 0.378. The summed E-state index contributed by atoms with van der Waals surface area (Å²) in [6.45, 7) is 12.1. The number of hydrogen-bond acceptors (Lipinski definition) is 8. The van der Waals surface area contributed by atoms with Gasteiger partial charge in [-0.1, -0.05) is 12.8 Å². The van der Waals surface area contributed by atoms with Crippen LogP contribution in [0.15, 0.2) is 24.5 Å². The first-order chi connectivity index (χ1) is 20.1. The van der Waals surface area contributed by atoms with E-state index >= 15 is 4.39 Å². The molecule has 0 saturated heterocycles. The van der Waals surface area contributed by atoms with Crippen LogP contribution in [0.1, 0.15) is 88.7 Å². The van der Waals surface area contributed by atoms with Crippen LogP contribution in [0.2, 0.25) is 0 Å². The lowest BCUT2D eigenvalue weighted by Gasteiger charge is -2.34. The second kappa shape index (κ2) is 11.1. The predicted molar refractivity (Wildman–Crippen MR) is 158 cm³/mol. The van der Waals surface area contributed by atoms with Crippen molar-refractivity contribution in [3.05, 3.63) is 47.0 Å². The molecule has 2 unspecified atom stereocenters. The Morgan fingerprint density at radius 2 is 1.72 bits per heavy atom. The van der Waals surface area contributed by atoms with E-state index < -0.39 is 35.1 Å². The Morgan fingerprint density at radius 1 is 1.05 bits per heavy atom. The van der Waals surface area contributed by atoms with Crippen LogP contribution in [0, 0.1) is 12.7 Å². The van der Waals surface area contributed by atoms with Crippen molar-refractivity contribution >= 4 is 29.4 Å². The third-order valence-corrected chi connectivity index (χ3v) is 7.35. The maximum absolute atomic E-state index is 16.3. The van der Waals surface area contributed by atoms with Gasteiger partial charge in [0.1, 0.15) is 11.2 Å². The zero-order valence-electron chi connectivity index (χ0n) is 25.7. The van der Waals surface area contributed by atoms with Crippen molar-refractivity contribution in [3.63, 3.8) is 0 Å². The normalized spacial score (nSPS) is 18.9. The first-order valence-corrected chi connectivity index (χ1v) is 14.6. The first-order valence-electron chi connectivity index (χ1n) is 14.6. The molecule has 3 aromatic rings. The van der Waals surface area contributed by atoms with Gasteiger partial charge in [-0.2, -0.15) is 5.10 Å².